The highest BCUT2D eigenvalue weighted by atomic mass is 35.5. The Labute approximate surface area is 118 Å². The Hall–Kier alpha value is -1.07. The summed E-state index contributed by atoms with van der Waals surface area (Å²) in [6.45, 7) is 1.07. The van der Waals surface area contributed by atoms with E-state index in [1.165, 1.54) is 12.8 Å². The molecule has 1 heterocycles. The Balaban J connectivity index is 1.97. The van der Waals surface area contributed by atoms with Gasteiger partial charge in [0.15, 0.2) is 0 Å². The number of anilines is 2. The molecule has 106 valence electrons. The summed E-state index contributed by atoms with van der Waals surface area (Å²) in [5.74, 6) is 2.09. The van der Waals surface area contributed by atoms with Crippen molar-refractivity contribution in [1.29, 1.82) is 0 Å². The van der Waals surface area contributed by atoms with Crippen molar-refractivity contribution in [2.24, 2.45) is 11.8 Å². The maximum absolute atomic E-state index is 9.41. The van der Waals surface area contributed by atoms with Gasteiger partial charge in [-0.15, -0.1) is 0 Å². The Morgan fingerprint density at radius 3 is 2.79 bits per heavy atom. The molecule has 2 unspecified atom stereocenters. The van der Waals surface area contributed by atoms with Gasteiger partial charge in [0, 0.05) is 20.2 Å². The second kappa shape index (κ2) is 6.91. The number of rotatable bonds is 5. The lowest BCUT2D eigenvalue weighted by molar-refractivity contribution is 0.141. The Morgan fingerprint density at radius 1 is 1.37 bits per heavy atom. The first-order valence-corrected chi connectivity index (χ1v) is 7.17. The van der Waals surface area contributed by atoms with Crippen molar-refractivity contribution in [1.82, 2.24) is 9.97 Å². The molecule has 0 spiro atoms. The lowest BCUT2D eigenvalue weighted by atomic mass is 9.79. The lowest BCUT2D eigenvalue weighted by Gasteiger charge is -2.30. The molecule has 5 nitrogen and oxygen atoms in total. The first-order valence-electron chi connectivity index (χ1n) is 6.79. The quantitative estimate of drug-likeness (QED) is 0.774. The molecule has 1 aliphatic rings. The maximum atomic E-state index is 9.41. The molecule has 2 atom stereocenters. The molecule has 0 aromatic carbocycles. The molecule has 0 saturated heterocycles. The van der Waals surface area contributed by atoms with Crippen LogP contribution < -0.4 is 10.6 Å². The number of nitrogens with one attached hydrogen (secondary N) is 2. The fraction of sp³-hybridized carbons (Fsp3) is 0.692. The number of halogens is 1. The predicted molar refractivity (Wildman–Crippen MR) is 77.6 cm³/mol. The Bertz CT molecular complexity index is 416. The molecule has 1 saturated carbocycles. The lowest BCUT2D eigenvalue weighted by Crippen LogP contribution is -2.29. The van der Waals surface area contributed by atoms with E-state index in [4.69, 9.17) is 11.6 Å². The third-order valence-electron chi connectivity index (χ3n) is 3.80. The van der Waals surface area contributed by atoms with Crippen LogP contribution in [0.2, 0.25) is 5.02 Å². The highest BCUT2D eigenvalue weighted by Gasteiger charge is 2.24. The summed E-state index contributed by atoms with van der Waals surface area (Å²) >= 11 is 6.08. The van der Waals surface area contributed by atoms with E-state index in [0.717, 1.165) is 19.4 Å². The molecule has 6 heteroatoms. The molecule has 19 heavy (non-hydrogen) atoms. The summed E-state index contributed by atoms with van der Waals surface area (Å²) in [6, 6.07) is 0. The number of hydrogen-bond acceptors (Lipinski definition) is 5. The van der Waals surface area contributed by atoms with Gasteiger partial charge in [-0.3, -0.25) is 0 Å². The van der Waals surface area contributed by atoms with Gasteiger partial charge in [0.1, 0.15) is 10.8 Å². The molecular weight excluding hydrogens is 264 g/mol. The van der Waals surface area contributed by atoms with Gasteiger partial charge in [0.25, 0.3) is 0 Å². The molecule has 1 fully saturated rings. The fourth-order valence-electron chi connectivity index (χ4n) is 2.63. The summed E-state index contributed by atoms with van der Waals surface area (Å²) in [6.07, 6.45) is 6.32. The molecule has 0 radical (unpaired) electrons. The van der Waals surface area contributed by atoms with E-state index < -0.39 is 0 Å². The smallest absolute Gasteiger partial charge is 0.224 e. The van der Waals surface area contributed by atoms with Crippen LogP contribution in [0.5, 0.6) is 0 Å². The highest BCUT2D eigenvalue weighted by molar-refractivity contribution is 6.32. The van der Waals surface area contributed by atoms with Gasteiger partial charge in [-0.25, -0.2) is 4.98 Å². The van der Waals surface area contributed by atoms with Gasteiger partial charge in [0.05, 0.1) is 6.20 Å². The molecule has 1 aliphatic carbocycles. The highest BCUT2D eigenvalue weighted by Crippen LogP contribution is 2.30. The van der Waals surface area contributed by atoms with Crippen LogP contribution in [-0.4, -0.2) is 35.3 Å². The average molecular weight is 285 g/mol. The van der Waals surface area contributed by atoms with E-state index in [9.17, 15) is 5.11 Å². The van der Waals surface area contributed by atoms with Gasteiger partial charge < -0.3 is 15.7 Å². The van der Waals surface area contributed by atoms with Crippen LogP contribution in [0.1, 0.15) is 25.7 Å². The number of nitrogens with zero attached hydrogens (tertiary/aromatic N) is 2. The molecule has 1 aromatic rings. The van der Waals surface area contributed by atoms with Crippen molar-refractivity contribution in [2.45, 2.75) is 25.7 Å². The van der Waals surface area contributed by atoms with Crippen molar-refractivity contribution < 1.29 is 5.11 Å². The summed E-state index contributed by atoms with van der Waals surface area (Å²) < 4.78 is 0. The standard InChI is InChI=1S/C13H21ClN4O/c1-15-13-17-7-11(14)12(18-13)16-6-9-4-2-3-5-10(9)8-19/h7,9-10,19H,2-6,8H2,1H3,(H2,15,16,17,18). The Morgan fingerprint density at radius 2 is 2.11 bits per heavy atom. The van der Waals surface area contributed by atoms with Gasteiger partial charge in [-0.1, -0.05) is 24.4 Å². The summed E-state index contributed by atoms with van der Waals surface area (Å²) in [7, 11) is 1.77. The second-order valence-corrected chi connectivity index (χ2v) is 5.42. The van der Waals surface area contributed by atoms with Crippen molar-refractivity contribution in [3.05, 3.63) is 11.2 Å². The molecule has 2 rings (SSSR count). The molecule has 0 aliphatic heterocycles. The van der Waals surface area contributed by atoms with E-state index in [-0.39, 0.29) is 6.61 Å². The topological polar surface area (TPSA) is 70.1 Å². The summed E-state index contributed by atoms with van der Waals surface area (Å²) in [5.41, 5.74) is 0. The van der Waals surface area contributed by atoms with Crippen LogP contribution in [-0.2, 0) is 0 Å². The minimum Gasteiger partial charge on any atom is -0.396 e. The maximum Gasteiger partial charge on any atom is 0.224 e. The van der Waals surface area contributed by atoms with E-state index >= 15 is 0 Å². The van der Waals surface area contributed by atoms with Crippen LogP contribution in [0.15, 0.2) is 6.20 Å². The molecule has 3 N–H and O–H groups in total. The molecular formula is C13H21ClN4O. The summed E-state index contributed by atoms with van der Waals surface area (Å²) in [5, 5.41) is 16.1. The number of aromatic nitrogens is 2. The van der Waals surface area contributed by atoms with E-state index in [0.29, 0.717) is 28.6 Å². The number of aliphatic hydroxyl groups excluding tert-OH is 1. The minimum atomic E-state index is 0.269. The van der Waals surface area contributed by atoms with E-state index in [2.05, 4.69) is 20.6 Å². The third kappa shape index (κ3) is 3.70. The van der Waals surface area contributed by atoms with Crippen molar-refractivity contribution in [2.75, 3.05) is 30.8 Å². The first kappa shape index (κ1) is 14.3. The zero-order chi connectivity index (χ0) is 13.7. The monoisotopic (exact) mass is 284 g/mol. The SMILES string of the molecule is CNc1ncc(Cl)c(NCC2CCCCC2CO)n1. The zero-order valence-electron chi connectivity index (χ0n) is 11.2. The van der Waals surface area contributed by atoms with Crippen molar-refractivity contribution in [3.8, 4) is 0 Å². The largest absolute Gasteiger partial charge is 0.396 e. The molecule has 0 amide bonds. The fourth-order valence-corrected chi connectivity index (χ4v) is 2.79. The normalized spacial score (nSPS) is 23.1. The summed E-state index contributed by atoms with van der Waals surface area (Å²) in [4.78, 5) is 8.35. The predicted octanol–water partition coefficient (Wildman–Crippen LogP) is 2.38. The van der Waals surface area contributed by atoms with Crippen molar-refractivity contribution >= 4 is 23.4 Å². The van der Waals surface area contributed by atoms with Crippen LogP contribution in [0.4, 0.5) is 11.8 Å². The van der Waals surface area contributed by atoms with Crippen molar-refractivity contribution in [3.63, 3.8) is 0 Å². The van der Waals surface area contributed by atoms with Crippen LogP contribution >= 0.6 is 11.6 Å². The van der Waals surface area contributed by atoms with Crippen LogP contribution in [0.3, 0.4) is 0 Å². The number of hydrogen-bond donors (Lipinski definition) is 3. The zero-order valence-corrected chi connectivity index (χ0v) is 12.0. The first-order chi connectivity index (χ1) is 9.24. The van der Waals surface area contributed by atoms with Crippen LogP contribution in [0.25, 0.3) is 0 Å². The molecule has 0 bridgehead atoms. The average Bonchev–Trinajstić information content (AvgIpc) is 2.46. The number of aliphatic hydroxyl groups is 1. The van der Waals surface area contributed by atoms with Gasteiger partial charge in [-0.05, 0) is 24.7 Å². The van der Waals surface area contributed by atoms with Gasteiger partial charge in [0.2, 0.25) is 5.95 Å². The Kier molecular flexibility index (Phi) is 5.22. The van der Waals surface area contributed by atoms with E-state index in [1.807, 2.05) is 0 Å². The molecule has 1 aromatic heterocycles. The van der Waals surface area contributed by atoms with Crippen LogP contribution in [0, 0.1) is 11.8 Å². The van der Waals surface area contributed by atoms with E-state index in [1.54, 1.807) is 13.2 Å². The van der Waals surface area contributed by atoms with Gasteiger partial charge >= 0.3 is 0 Å². The minimum absolute atomic E-state index is 0.269. The van der Waals surface area contributed by atoms with Gasteiger partial charge in [-0.2, -0.15) is 4.98 Å². The second-order valence-electron chi connectivity index (χ2n) is 5.01. The third-order valence-corrected chi connectivity index (χ3v) is 4.08.